The van der Waals surface area contributed by atoms with Crippen molar-refractivity contribution in [3.63, 3.8) is 0 Å². The molecule has 0 unspecified atom stereocenters. The number of hydrogen-bond donors (Lipinski definition) is 3. The molecule has 37 heavy (non-hydrogen) atoms. The van der Waals surface area contributed by atoms with E-state index in [1.807, 2.05) is 0 Å². The van der Waals surface area contributed by atoms with Crippen LogP contribution in [0.25, 0.3) is 0 Å². The summed E-state index contributed by atoms with van der Waals surface area (Å²) in [4.78, 5) is 30.6. The van der Waals surface area contributed by atoms with Crippen molar-refractivity contribution in [1.29, 1.82) is 0 Å². The summed E-state index contributed by atoms with van der Waals surface area (Å²) < 4.78 is 36.5. The molecule has 1 aliphatic carbocycles. The van der Waals surface area contributed by atoms with Gasteiger partial charge in [-0.25, -0.2) is 39.2 Å². The number of halogens is 3. The molecule has 0 heterocycles. The normalized spacial score (nSPS) is 10.5. The van der Waals surface area contributed by atoms with E-state index in [0.717, 1.165) is 42.8 Å². The monoisotopic (exact) mass is 547 g/mol. The fraction of sp³-hybridized carbons (Fsp3) is 0.0741. The third-order valence-corrected chi connectivity index (χ3v) is 4.14. The van der Waals surface area contributed by atoms with Gasteiger partial charge in [0.25, 0.3) is 0 Å². The molecule has 0 saturated heterocycles. The number of carboxylic acid groups (broad SMARTS) is 3. The molecule has 0 fully saturated rings. The van der Waals surface area contributed by atoms with Gasteiger partial charge in [0.15, 0.2) is 0 Å². The van der Waals surface area contributed by atoms with Crippen molar-refractivity contribution < 1.29 is 64.6 Å². The molecular formula is C27H22F3O6Ti-. The van der Waals surface area contributed by atoms with Gasteiger partial charge in [0, 0.05) is 21.7 Å². The minimum Gasteiger partial charge on any atom is -0.478 e. The van der Waals surface area contributed by atoms with Crippen LogP contribution in [0.1, 0.15) is 44.4 Å². The van der Waals surface area contributed by atoms with Gasteiger partial charge in [-0.15, -0.1) is 6.42 Å². The summed E-state index contributed by atoms with van der Waals surface area (Å²) in [6.07, 6.45) is 8.33. The zero-order valence-electron chi connectivity index (χ0n) is 19.5. The Hall–Kier alpha value is -3.95. The summed E-state index contributed by atoms with van der Waals surface area (Å²) >= 11 is 0. The zero-order valence-corrected chi connectivity index (χ0v) is 21.1. The van der Waals surface area contributed by atoms with Crippen molar-refractivity contribution in [1.82, 2.24) is 0 Å². The minimum absolute atomic E-state index is 0. The van der Waals surface area contributed by atoms with Gasteiger partial charge in [-0.1, -0.05) is 6.92 Å². The van der Waals surface area contributed by atoms with Crippen LogP contribution in [0.3, 0.4) is 0 Å². The molecule has 0 atom stereocenters. The van der Waals surface area contributed by atoms with E-state index in [0.29, 0.717) is 0 Å². The smallest absolute Gasteiger partial charge is 0.335 e. The molecule has 0 spiro atoms. The summed E-state index contributed by atoms with van der Waals surface area (Å²) in [5, 5.41) is 25.1. The molecule has 0 bridgehead atoms. The molecule has 6 nitrogen and oxygen atoms in total. The van der Waals surface area contributed by atoms with Gasteiger partial charge < -0.3 is 15.3 Å². The third kappa shape index (κ3) is 14.3. The molecule has 0 aliphatic heterocycles. The maximum atomic E-state index is 12.2. The van der Waals surface area contributed by atoms with Crippen LogP contribution in [0.4, 0.5) is 13.2 Å². The Bertz CT molecular complexity index is 1070. The maximum absolute atomic E-state index is 12.2. The average Bonchev–Trinajstić information content (AvgIpc) is 3.32. The standard InChI is InChI=1S/3C7H5FO2.C6H7.Ti/c3*8-6-3-1-5(2-4-6)7(9)10;1-6-4-2-3-5-6;/h3*1-4H,(H,9,10);2,4H,3H2,1H3;/q;;;-1;. The molecule has 10 heteroatoms. The first-order valence-electron chi connectivity index (χ1n) is 10.2. The second kappa shape index (κ2) is 17.5. The van der Waals surface area contributed by atoms with Crippen LogP contribution < -0.4 is 0 Å². The summed E-state index contributed by atoms with van der Waals surface area (Å²) in [5.74, 6) is -4.40. The Morgan fingerprint density at radius 3 is 1.03 bits per heavy atom. The van der Waals surface area contributed by atoms with Gasteiger partial charge in [0.2, 0.25) is 0 Å². The summed E-state index contributed by atoms with van der Waals surface area (Å²) in [7, 11) is 0. The summed E-state index contributed by atoms with van der Waals surface area (Å²) in [5.41, 5.74) is 1.57. The molecule has 0 saturated carbocycles. The van der Waals surface area contributed by atoms with Crippen LogP contribution in [0.15, 0.2) is 90.5 Å². The Morgan fingerprint density at radius 2 is 0.892 bits per heavy atom. The number of hydrogen-bond acceptors (Lipinski definition) is 3. The molecule has 3 aromatic carbocycles. The SMILES string of the molecule is CC1=[C-]CC=C1.O=C(O)c1ccc(F)cc1.O=C(O)c1ccc(F)cc1.O=C(O)c1ccc(F)cc1.[Ti]. The van der Waals surface area contributed by atoms with Crippen LogP contribution in [0.5, 0.6) is 0 Å². The molecule has 3 N–H and O–H groups in total. The topological polar surface area (TPSA) is 112 Å². The summed E-state index contributed by atoms with van der Waals surface area (Å²) in [6.45, 7) is 2.06. The van der Waals surface area contributed by atoms with E-state index in [4.69, 9.17) is 15.3 Å². The number of allylic oxidation sites excluding steroid dienone is 4. The third-order valence-electron chi connectivity index (χ3n) is 4.14. The van der Waals surface area contributed by atoms with Crippen LogP contribution in [0.2, 0.25) is 0 Å². The molecule has 192 valence electrons. The second-order valence-electron chi connectivity index (χ2n) is 6.90. The van der Waals surface area contributed by atoms with Crippen molar-refractivity contribution in [2.24, 2.45) is 0 Å². The van der Waals surface area contributed by atoms with Gasteiger partial charge in [-0.3, -0.25) is 6.08 Å². The van der Waals surface area contributed by atoms with E-state index >= 15 is 0 Å². The number of rotatable bonds is 3. The fourth-order valence-corrected chi connectivity index (χ4v) is 2.29. The van der Waals surface area contributed by atoms with Gasteiger partial charge in [-0.05, 0) is 72.8 Å². The van der Waals surface area contributed by atoms with Gasteiger partial charge in [0.05, 0.1) is 16.7 Å². The van der Waals surface area contributed by atoms with E-state index < -0.39 is 35.4 Å². The van der Waals surface area contributed by atoms with Crippen LogP contribution in [-0.4, -0.2) is 33.2 Å². The minimum atomic E-state index is -1.04. The number of carbonyl (C=O) groups is 3. The van der Waals surface area contributed by atoms with Crippen molar-refractivity contribution in [3.8, 4) is 0 Å². The Morgan fingerprint density at radius 1 is 0.622 bits per heavy atom. The van der Waals surface area contributed by atoms with Gasteiger partial charge in [0.1, 0.15) is 17.5 Å². The van der Waals surface area contributed by atoms with E-state index in [1.54, 1.807) is 0 Å². The van der Waals surface area contributed by atoms with Crippen molar-refractivity contribution in [2.75, 3.05) is 0 Å². The molecular weight excluding hydrogens is 525 g/mol. The Kier molecular flexibility index (Phi) is 15.6. The first-order chi connectivity index (χ1) is 17.0. The van der Waals surface area contributed by atoms with Crippen LogP contribution in [0, 0.1) is 23.5 Å². The Balaban J connectivity index is 0.000000470. The second-order valence-corrected chi connectivity index (χ2v) is 6.90. The quantitative estimate of drug-likeness (QED) is 0.264. The molecule has 4 rings (SSSR count). The predicted molar refractivity (Wildman–Crippen MR) is 126 cm³/mol. The number of aromatic carboxylic acids is 3. The van der Waals surface area contributed by atoms with Crippen molar-refractivity contribution >= 4 is 17.9 Å². The molecule has 3 aromatic rings. The first-order valence-corrected chi connectivity index (χ1v) is 10.2. The number of benzene rings is 3. The predicted octanol–water partition coefficient (Wildman–Crippen LogP) is 6.26. The van der Waals surface area contributed by atoms with E-state index in [2.05, 4.69) is 25.2 Å². The molecule has 0 aromatic heterocycles. The van der Waals surface area contributed by atoms with E-state index in [1.165, 1.54) is 42.0 Å². The molecule has 0 amide bonds. The fourth-order valence-electron chi connectivity index (χ4n) is 2.29. The van der Waals surface area contributed by atoms with E-state index in [-0.39, 0.29) is 38.4 Å². The average molecular weight is 547 g/mol. The van der Waals surface area contributed by atoms with Crippen molar-refractivity contribution in [3.05, 3.63) is 131 Å². The maximum Gasteiger partial charge on any atom is 0.335 e. The van der Waals surface area contributed by atoms with Crippen molar-refractivity contribution in [2.45, 2.75) is 13.3 Å². The summed E-state index contributed by atoms with van der Waals surface area (Å²) in [6, 6.07) is 14.0. The van der Waals surface area contributed by atoms with Crippen LogP contribution in [-0.2, 0) is 21.7 Å². The largest absolute Gasteiger partial charge is 0.478 e. The molecule has 0 radical (unpaired) electrons. The Labute approximate surface area is 226 Å². The van der Waals surface area contributed by atoms with E-state index in [9.17, 15) is 27.6 Å². The van der Waals surface area contributed by atoms with Crippen LogP contribution >= 0.6 is 0 Å². The van der Waals surface area contributed by atoms with Gasteiger partial charge in [-0.2, -0.15) is 6.08 Å². The van der Waals surface area contributed by atoms with Gasteiger partial charge >= 0.3 is 17.9 Å². The number of carboxylic acids is 3. The molecule has 1 aliphatic rings. The first kappa shape index (κ1) is 33.1. The zero-order chi connectivity index (χ0) is 27.1.